The quantitative estimate of drug-likeness (QED) is 0.383. The summed E-state index contributed by atoms with van der Waals surface area (Å²) in [5.74, 6) is -1.49. The van der Waals surface area contributed by atoms with E-state index in [9.17, 15) is 9.59 Å². The van der Waals surface area contributed by atoms with Gasteiger partial charge in [-0.15, -0.1) is 0 Å². The van der Waals surface area contributed by atoms with Crippen LogP contribution in [0.3, 0.4) is 0 Å². The van der Waals surface area contributed by atoms with Crippen LogP contribution in [0.5, 0.6) is 0 Å². The average Bonchev–Trinajstić information content (AvgIpc) is 2.19. The van der Waals surface area contributed by atoms with Crippen molar-refractivity contribution < 1.29 is 14.3 Å². The number of nitrogens with zero attached hydrogens (tertiary/aromatic N) is 1. The summed E-state index contributed by atoms with van der Waals surface area (Å²) in [4.78, 5) is 25.4. The summed E-state index contributed by atoms with van der Waals surface area (Å²) in [5, 5.41) is 0. The van der Waals surface area contributed by atoms with Crippen molar-refractivity contribution in [2.45, 2.75) is 0 Å². The van der Waals surface area contributed by atoms with E-state index in [4.69, 9.17) is 0 Å². The molecule has 0 aromatic carbocycles. The van der Waals surface area contributed by atoms with E-state index in [1.54, 1.807) is 6.07 Å². The van der Waals surface area contributed by atoms with Gasteiger partial charge in [-0.2, -0.15) is 0 Å². The van der Waals surface area contributed by atoms with Gasteiger partial charge in [0.25, 0.3) is 0 Å². The number of hydrogen-bond acceptors (Lipinski definition) is 4. The molecule has 1 aromatic rings. The SMILES string of the molecule is C=CC(=O)OC(=O)c1cccnc1. The first-order valence-electron chi connectivity index (χ1n) is 3.52. The lowest BCUT2D eigenvalue weighted by Gasteiger charge is -1.97. The molecular formula is C9H7NO3. The zero-order valence-electron chi connectivity index (χ0n) is 6.77. The van der Waals surface area contributed by atoms with Crippen LogP contribution >= 0.6 is 0 Å². The first-order valence-corrected chi connectivity index (χ1v) is 3.52. The molecule has 0 amide bonds. The lowest BCUT2D eigenvalue weighted by molar-refractivity contribution is -0.132. The average molecular weight is 177 g/mol. The van der Waals surface area contributed by atoms with Crippen LogP contribution in [-0.4, -0.2) is 16.9 Å². The van der Waals surface area contributed by atoms with Gasteiger partial charge in [0, 0.05) is 18.5 Å². The van der Waals surface area contributed by atoms with Crippen molar-refractivity contribution >= 4 is 11.9 Å². The number of ether oxygens (including phenoxy) is 1. The van der Waals surface area contributed by atoms with Gasteiger partial charge in [0.05, 0.1) is 5.56 Å². The maximum absolute atomic E-state index is 11.1. The van der Waals surface area contributed by atoms with Crippen LogP contribution in [0.4, 0.5) is 0 Å². The molecule has 1 heterocycles. The van der Waals surface area contributed by atoms with E-state index in [1.807, 2.05) is 0 Å². The number of esters is 2. The Morgan fingerprint density at radius 3 is 2.85 bits per heavy atom. The number of carbonyl (C=O) groups is 2. The number of hydrogen-bond donors (Lipinski definition) is 0. The van der Waals surface area contributed by atoms with Gasteiger partial charge in [0.15, 0.2) is 0 Å². The largest absolute Gasteiger partial charge is 0.386 e. The molecule has 0 spiro atoms. The maximum Gasteiger partial charge on any atom is 0.347 e. The highest BCUT2D eigenvalue weighted by molar-refractivity contribution is 5.99. The molecule has 0 atom stereocenters. The van der Waals surface area contributed by atoms with Gasteiger partial charge in [-0.1, -0.05) is 6.58 Å². The Bertz CT molecular complexity index is 332. The molecule has 0 radical (unpaired) electrons. The van der Waals surface area contributed by atoms with E-state index >= 15 is 0 Å². The topological polar surface area (TPSA) is 56.3 Å². The van der Waals surface area contributed by atoms with Gasteiger partial charge in [-0.25, -0.2) is 9.59 Å². The van der Waals surface area contributed by atoms with E-state index in [-0.39, 0.29) is 5.56 Å². The zero-order chi connectivity index (χ0) is 9.68. The molecule has 0 aliphatic heterocycles. The summed E-state index contributed by atoms with van der Waals surface area (Å²) in [6.45, 7) is 3.16. The highest BCUT2D eigenvalue weighted by atomic mass is 16.6. The van der Waals surface area contributed by atoms with Gasteiger partial charge in [-0.05, 0) is 12.1 Å². The molecule has 0 aliphatic rings. The number of pyridine rings is 1. The number of carbonyl (C=O) groups excluding carboxylic acids is 2. The lowest BCUT2D eigenvalue weighted by Crippen LogP contribution is -2.10. The van der Waals surface area contributed by atoms with Crippen molar-refractivity contribution in [2.24, 2.45) is 0 Å². The molecule has 0 saturated heterocycles. The van der Waals surface area contributed by atoms with E-state index in [0.29, 0.717) is 0 Å². The van der Waals surface area contributed by atoms with Gasteiger partial charge in [0.2, 0.25) is 0 Å². The Kier molecular flexibility index (Phi) is 2.92. The molecule has 0 saturated carbocycles. The summed E-state index contributed by atoms with van der Waals surface area (Å²) in [6, 6.07) is 3.08. The Morgan fingerprint density at radius 2 is 2.31 bits per heavy atom. The molecule has 4 heteroatoms. The molecular weight excluding hydrogens is 170 g/mol. The van der Waals surface area contributed by atoms with Gasteiger partial charge >= 0.3 is 11.9 Å². The van der Waals surface area contributed by atoms with Crippen molar-refractivity contribution in [2.75, 3.05) is 0 Å². The summed E-state index contributed by atoms with van der Waals surface area (Å²) in [5.41, 5.74) is 0.234. The number of rotatable bonds is 2. The second-order valence-corrected chi connectivity index (χ2v) is 2.15. The molecule has 1 aromatic heterocycles. The van der Waals surface area contributed by atoms with Crippen molar-refractivity contribution in [3.63, 3.8) is 0 Å². The van der Waals surface area contributed by atoms with Crippen LogP contribution in [0.25, 0.3) is 0 Å². The lowest BCUT2D eigenvalue weighted by atomic mass is 10.3. The third-order valence-corrected chi connectivity index (χ3v) is 1.26. The van der Waals surface area contributed by atoms with Crippen LogP contribution < -0.4 is 0 Å². The van der Waals surface area contributed by atoms with Crippen LogP contribution in [0.15, 0.2) is 37.2 Å². The van der Waals surface area contributed by atoms with Crippen LogP contribution in [0.1, 0.15) is 10.4 Å². The normalized spacial score (nSPS) is 8.92. The molecule has 0 aliphatic carbocycles. The first kappa shape index (κ1) is 9.12. The summed E-state index contributed by atoms with van der Waals surface area (Å²) < 4.78 is 4.35. The van der Waals surface area contributed by atoms with Crippen LogP contribution in [0, 0.1) is 0 Å². The summed E-state index contributed by atoms with van der Waals surface area (Å²) >= 11 is 0. The van der Waals surface area contributed by atoms with E-state index < -0.39 is 11.9 Å². The fourth-order valence-electron chi connectivity index (χ4n) is 0.675. The van der Waals surface area contributed by atoms with E-state index in [0.717, 1.165) is 6.08 Å². The highest BCUT2D eigenvalue weighted by Gasteiger charge is 2.09. The molecule has 13 heavy (non-hydrogen) atoms. The van der Waals surface area contributed by atoms with Crippen molar-refractivity contribution in [3.8, 4) is 0 Å². The predicted molar refractivity (Wildman–Crippen MR) is 44.9 cm³/mol. The maximum atomic E-state index is 11.1. The van der Waals surface area contributed by atoms with Gasteiger partial charge < -0.3 is 4.74 Å². The Labute approximate surface area is 74.9 Å². The van der Waals surface area contributed by atoms with Gasteiger partial charge in [-0.3, -0.25) is 4.98 Å². The van der Waals surface area contributed by atoms with Crippen molar-refractivity contribution in [1.29, 1.82) is 0 Å². The van der Waals surface area contributed by atoms with Crippen LogP contribution in [-0.2, 0) is 9.53 Å². The Morgan fingerprint density at radius 1 is 1.54 bits per heavy atom. The molecule has 1 rings (SSSR count). The minimum atomic E-state index is -0.770. The standard InChI is InChI=1S/C9H7NO3/c1-2-8(11)13-9(12)7-4-3-5-10-6-7/h2-6H,1H2. The Balaban J connectivity index is 2.70. The summed E-state index contributed by atoms with van der Waals surface area (Å²) in [6.07, 6.45) is 3.76. The van der Waals surface area contributed by atoms with Crippen molar-refractivity contribution in [3.05, 3.63) is 42.7 Å². The molecule has 0 unspecified atom stereocenters. The van der Waals surface area contributed by atoms with Gasteiger partial charge in [0.1, 0.15) is 0 Å². The fraction of sp³-hybridized carbons (Fsp3) is 0. The fourth-order valence-corrected chi connectivity index (χ4v) is 0.675. The second kappa shape index (κ2) is 4.15. The Hall–Kier alpha value is -1.97. The second-order valence-electron chi connectivity index (χ2n) is 2.15. The highest BCUT2D eigenvalue weighted by Crippen LogP contribution is 1.98. The third-order valence-electron chi connectivity index (χ3n) is 1.26. The van der Waals surface area contributed by atoms with E-state index in [1.165, 1.54) is 18.5 Å². The monoisotopic (exact) mass is 177 g/mol. The van der Waals surface area contributed by atoms with Crippen molar-refractivity contribution in [1.82, 2.24) is 4.98 Å². The zero-order valence-corrected chi connectivity index (χ0v) is 6.77. The summed E-state index contributed by atoms with van der Waals surface area (Å²) in [7, 11) is 0. The molecule has 0 fully saturated rings. The smallest absolute Gasteiger partial charge is 0.347 e. The first-order chi connectivity index (χ1) is 6.24. The van der Waals surface area contributed by atoms with E-state index in [2.05, 4.69) is 16.3 Å². The molecule has 0 bridgehead atoms. The predicted octanol–water partition coefficient (Wildman–Crippen LogP) is 0.951. The van der Waals surface area contributed by atoms with Crippen LogP contribution in [0.2, 0.25) is 0 Å². The molecule has 4 nitrogen and oxygen atoms in total. The molecule has 66 valence electrons. The minimum absolute atomic E-state index is 0.234. The number of aromatic nitrogens is 1. The molecule has 0 N–H and O–H groups in total. The third kappa shape index (κ3) is 2.52. The minimum Gasteiger partial charge on any atom is -0.386 e.